The molecule has 3 rings (SSSR count). The number of carbonyl (C=O) groups excluding carboxylic acids is 1. The predicted octanol–water partition coefficient (Wildman–Crippen LogP) is 17.3. The third-order valence-corrected chi connectivity index (χ3v) is 21.0. The average Bonchev–Trinajstić information content (AvgIpc) is 0.779. The standard InChI is InChI=1S/C96H159NO18/c1-3-5-7-9-11-13-15-17-19-21-23-25-27-29-31-33-35-37-38-39-40-42-44-46-48-50-52-54-56-58-60-62-64-66-68-70-72-74-84(102)97-79(80(101)73-71-69-67-65-63-61-59-57-55-53-51-49-47-45-43-41-36-34-32-30-28-26-24-22-20-18-16-14-12-10-8-6-4-2)78-110-94-90(108)87(105)92(82(76-99)112-94)115-96-91(109)88(106)93(83(77-100)113-96)114-95-89(107)86(104)85(103)81(75-98)111-95/h5,7,11,13,17,19,23,25,29,31,35,37,39-40,44,46,50,52,55-58,62-65,71,73,79-83,85-96,98-101,103-109H,3-4,6,8-10,12,14-16,18,20-22,24,26-28,30,32-34,36,38,41-43,45,47-49,51,53-54,59-61,66-70,72,74-78H2,1-2H3,(H,97,102)/b7-5-,13-11-,19-17-,25-23-,31-29-,37-35-,40-39-,46-44-,52-50-,57-55+,58-56-,64-62-,65-63+,73-71+. The third kappa shape index (κ3) is 51.4. The number of unbranched alkanes of at least 4 members (excludes halogenated alkanes) is 28. The molecule has 0 aromatic rings. The van der Waals surface area contributed by atoms with Crippen molar-refractivity contribution in [2.45, 2.75) is 401 Å². The van der Waals surface area contributed by atoms with Crippen molar-refractivity contribution in [3.05, 3.63) is 170 Å². The molecule has 1 amide bonds. The SMILES string of the molecule is CC/C=C\C/C=C\C/C=C\C/C=C\C/C=C\C/C=C\C/C=C\C/C=C\C/C=C\C/C=C\C/C=C\CCCCCC(=O)NC(COC1OC(CO)C(OC2OC(CO)C(OC3OC(CO)C(O)C(O)C3O)C(O)C2O)C(O)C1O)C(O)/C=C/CC/C=C/CC/C=C/CCCCCCCCCCCCCCCCCCCCCCCCC. The highest BCUT2D eigenvalue weighted by Crippen LogP contribution is 2.33. The van der Waals surface area contributed by atoms with Gasteiger partial charge in [-0.25, -0.2) is 0 Å². The lowest BCUT2D eigenvalue weighted by Gasteiger charge is -2.48. The Kier molecular flexibility index (Phi) is 66.3. The first-order valence-corrected chi connectivity index (χ1v) is 44.9. The van der Waals surface area contributed by atoms with Crippen LogP contribution in [0.5, 0.6) is 0 Å². The fraction of sp³-hybridized carbons (Fsp3) is 0.698. The molecule has 0 radical (unpaired) electrons. The first kappa shape index (κ1) is 104. The van der Waals surface area contributed by atoms with Gasteiger partial charge in [0.15, 0.2) is 18.9 Å². The van der Waals surface area contributed by atoms with Gasteiger partial charge in [-0.05, 0) is 128 Å². The molecule has 19 nitrogen and oxygen atoms in total. The van der Waals surface area contributed by atoms with Gasteiger partial charge in [0.05, 0.1) is 38.6 Å². The molecular weight excluding hydrogens is 1460 g/mol. The Morgan fingerprint density at radius 1 is 0.322 bits per heavy atom. The van der Waals surface area contributed by atoms with Crippen LogP contribution in [-0.4, -0.2) is 193 Å². The van der Waals surface area contributed by atoms with Crippen LogP contribution in [0.2, 0.25) is 0 Å². The van der Waals surface area contributed by atoms with Crippen LogP contribution >= 0.6 is 0 Å². The number of hydrogen-bond donors (Lipinski definition) is 12. The van der Waals surface area contributed by atoms with Gasteiger partial charge < -0.3 is 89.9 Å². The van der Waals surface area contributed by atoms with Crippen molar-refractivity contribution in [1.82, 2.24) is 5.32 Å². The minimum absolute atomic E-state index is 0.180. The zero-order chi connectivity index (χ0) is 83.1. The van der Waals surface area contributed by atoms with Crippen LogP contribution in [0.1, 0.15) is 296 Å². The first-order valence-electron chi connectivity index (χ1n) is 44.9. The summed E-state index contributed by atoms with van der Waals surface area (Å²) >= 11 is 0. The van der Waals surface area contributed by atoms with E-state index in [9.17, 15) is 61.0 Å². The van der Waals surface area contributed by atoms with Gasteiger partial charge in [-0.1, -0.05) is 332 Å². The molecule has 3 aliphatic rings. The summed E-state index contributed by atoms with van der Waals surface area (Å²) in [7, 11) is 0. The number of allylic oxidation sites excluding steroid dienone is 27. The molecule has 0 aromatic heterocycles. The molecule has 0 aromatic carbocycles. The highest BCUT2D eigenvalue weighted by atomic mass is 16.8. The second-order valence-electron chi connectivity index (χ2n) is 31.0. The van der Waals surface area contributed by atoms with E-state index in [1.165, 1.54) is 148 Å². The zero-order valence-electron chi connectivity index (χ0n) is 70.7. The normalized spacial score (nSPS) is 25.5. The van der Waals surface area contributed by atoms with E-state index in [1.54, 1.807) is 6.08 Å². The van der Waals surface area contributed by atoms with E-state index >= 15 is 0 Å². The quantitative estimate of drug-likeness (QED) is 0.0199. The highest BCUT2D eigenvalue weighted by molar-refractivity contribution is 5.76. The largest absolute Gasteiger partial charge is 0.394 e. The fourth-order valence-electron chi connectivity index (χ4n) is 13.9. The Morgan fingerprint density at radius 2 is 0.609 bits per heavy atom. The van der Waals surface area contributed by atoms with Gasteiger partial charge in [-0.15, -0.1) is 0 Å². The Balaban J connectivity index is 1.38. The Hall–Kier alpha value is -4.85. The van der Waals surface area contributed by atoms with Crippen molar-refractivity contribution in [3.63, 3.8) is 0 Å². The summed E-state index contributed by atoms with van der Waals surface area (Å²) in [6.07, 6.45) is 83.6. The Labute approximate surface area is 694 Å². The lowest BCUT2D eigenvalue weighted by atomic mass is 9.96. The van der Waals surface area contributed by atoms with Gasteiger partial charge in [0.25, 0.3) is 0 Å². The summed E-state index contributed by atoms with van der Waals surface area (Å²) in [5, 5.41) is 121. The molecule has 19 heteroatoms. The van der Waals surface area contributed by atoms with Crippen molar-refractivity contribution in [2.75, 3.05) is 26.4 Å². The molecule has 0 saturated carbocycles. The second-order valence-corrected chi connectivity index (χ2v) is 31.0. The van der Waals surface area contributed by atoms with Crippen LogP contribution in [0.15, 0.2) is 170 Å². The topological polar surface area (TPSA) is 307 Å². The predicted molar refractivity (Wildman–Crippen MR) is 465 cm³/mol. The molecule has 656 valence electrons. The van der Waals surface area contributed by atoms with Crippen LogP contribution in [0.25, 0.3) is 0 Å². The molecular formula is C96H159NO18. The van der Waals surface area contributed by atoms with Crippen molar-refractivity contribution in [3.8, 4) is 0 Å². The molecule has 0 aliphatic carbocycles. The Morgan fingerprint density at radius 3 is 0.974 bits per heavy atom. The average molecular weight is 1620 g/mol. The molecule has 17 unspecified atom stereocenters. The lowest BCUT2D eigenvalue weighted by molar-refractivity contribution is -0.379. The van der Waals surface area contributed by atoms with Crippen molar-refractivity contribution >= 4 is 5.91 Å². The maximum atomic E-state index is 13.5. The minimum atomic E-state index is -2.00. The monoisotopic (exact) mass is 1610 g/mol. The van der Waals surface area contributed by atoms with E-state index in [-0.39, 0.29) is 12.3 Å². The first-order chi connectivity index (χ1) is 56.3. The van der Waals surface area contributed by atoms with Crippen LogP contribution < -0.4 is 5.32 Å². The van der Waals surface area contributed by atoms with E-state index in [2.05, 4.69) is 177 Å². The molecule has 3 fully saturated rings. The molecule has 3 aliphatic heterocycles. The van der Waals surface area contributed by atoms with E-state index in [0.717, 1.165) is 116 Å². The summed E-state index contributed by atoms with van der Waals surface area (Å²) in [4.78, 5) is 13.5. The van der Waals surface area contributed by atoms with E-state index in [0.29, 0.717) is 12.8 Å². The molecule has 115 heavy (non-hydrogen) atoms. The number of ether oxygens (including phenoxy) is 6. The van der Waals surface area contributed by atoms with Crippen LogP contribution in [0, 0.1) is 0 Å². The highest BCUT2D eigenvalue weighted by Gasteiger charge is 2.54. The third-order valence-electron chi connectivity index (χ3n) is 21.0. The molecule has 0 spiro atoms. The number of hydrogen-bond acceptors (Lipinski definition) is 18. The number of aliphatic hydroxyl groups is 11. The van der Waals surface area contributed by atoms with E-state index in [1.807, 2.05) is 6.08 Å². The van der Waals surface area contributed by atoms with Crippen molar-refractivity contribution < 1.29 is 89.4 Å². The lowest BCUT2D eigenvalue weighted by Crippen LogP contribution is -2.66. The summed E-state index contributed by atoms with van der Waals surface area (Å²) in [5.74, 6) is -0.326. The maximum Gasteiger partial charge on any atom is 0.220 e. The summed E-state index contributed by atoms with van der Waals surface area (Å²) < 4.78 is 34.4. The van der Waals surface area contributed by atoms with Crippen molar-refractivity contribution in [2.24, 2.45) is 0 Å². The Bertz CT molecular complexity index is 2750. The van der Waals surface area contributed by atoms with Gasteiger partial charge in [-0.3, -0.25) is 4.79 Å². The molecule has 3 saturated heterocycles. The molecule has 0 bridgehead atoms. The summed E-state index contributed by atoms with van der Waals surface area (Å²) in [6.45, 7) is 1.58. The maximum absolute atomic E-state index is 13.5. The van der Waals surface area contributed by atoms with E-state index in [4.69, 9.17) is 28.4 Å². The zero-order valence-corrected chi connectivity index (χ0v) is 70.7. The number of aliphatic hydroxyl groups excluding tert-OH is 11. The molecule has 3 heterocycles. The van der Waals surface area contributed by atoms with Gasteiger partial charge in [-0.2, -0.15) is 0 Å². The summed E-state index contributed by atoms with van der Waals surface area (Å²) in [6, 6.07) is -1.03. The fourth-order valence-corrected chi connectivity index (χ4v) is 13.9. The number of rotatable bonds is 70. The second kappa shape index (κ2) is 73.1. The van der Waals surface area contributed by atoms with Gasteiger partial charge in [0.1, 0.15) is 73.2 Å². The van der Waals surface area contributed by atoms with Crippen LogP contribution in [0.3, 0.4) is 0 Å². The van der Waals surface area contributed by atoms with Gasteiger partial charge >= 0.3 is 0 Å². The number of amides is 1. The smallest absolute Gasteiger partial charge is 0.220 e. The minimum Gasteiger partial charge on any atom is -0.394 e. The number of carbonyl (C=O) groups is 1. The molecule has 12 N–H and O–H groups in total. The summed E-state index contributed by atoms with van der Waals surface area (Å²) in [5.41, 5.74) is 0. The van der Waals surface area contributed by atoms with Crippen LogP contribution in [0.4, 0.5) is 0 Å². The van der Waals surface area contributed by atoms with Crippen molar-refractivity contribution in [1.29, 1.82) is 0 Å². The van der Waals surface area contributed by atoms with E-state index < -0.39 is 131 Å². The van der Waals surface area contributed by atoms with Gasteiger partial charge in [0, 0.05) is 6.42 Å². The molecule has 17 atom stereocenters. The van der Waals surface area contributed by atoms with Gasteiger partial charge in [0.2, 0.25) is 5.91 Å². The van der Waals surface area contributed by atoms with Crippen LogP contribution in [-0.2, 0) is 33.2 Å². The number of nitrogens with one attached hydrogen (secondary N) is 1.